The third kappa shape index (κ3) is 6.67. The molecule has 0 radical (unpaired) electrons. The lowest BCUT2D eigenvalue weighted by Crippen LogP contribution is -2.11. The van der Waals surface area contributed by atoms with Crippen molar-refractivity contribution >= 4 is 71.6 Å². The summed E-state index contributed by atoms with van der Waals surface area (Å²) in [6.45, 7) is 0. The lowest BCUT2D eigenvalue weighted by molar-refractivity contribution is 0.669. The largest absolute Gasteiger partial charge is 0.456 e. The average molecular weight is 855 g/mol. The van der Waals surface area contributed by atoms with E-state index >= 15 is 0 Å². The van der Waals surface area contributed by atoms with Crippen molar-refractivity contribution in [2.24, 2.45) is 0 Å². The van der Waals surface area contributed by atoms with Crippen LogP contribution < -0.4 is 4.90 Å². The molecule has 0 aliphatic carbocycles. The Labute approximate surface area is 388 Å². The van der Waals surface area contributed by atoms with Gasteiger partial charge in [0.2, 0.25) is 0 Å². The van der Waals surface area contributed by atoms with E-state index in [0.717, 1.165) is 66.9 Å². The SMILES string of the molecule is c1cc(-c2ccc(N(c3cccc(-c4cccc5ccccc45)c3)c3ccccc3-c3ccc4c(c3)oc3ccccc34)cc2)cc(-c2ccc(-n3c4ccccc4c4ccccc43)cc2)c1. The second-order valence-electron chi connectivity index (χ2n) is 17.3. The van der Waals surface area contributed by atoms with Crippen molar-refractivity contribution in [1.29, 1.82) is 0 Å². The molecular formula is C64H42N2O. The summed E-state index contributed by atoms with van der Waals surface area (Å²) in [5.74, 6) is 0. The van der Waals surface area contributed by atoms with Crippen LogP contribution in [0.25, 0.3) is 105 Å². The van der Waals surface area contributed by atoms with Crippen molar-refractivity contribution in [3.63, 3.8) is 0 Å². The zero-order chi connectivity index (χ0) is 44.3. The summed E-state index contributed by atoms with van der Waals surface area (Å²) in [6.07, 6.45) is 0. The Bertz CT molecular complexity index is 3930. The van der Waals surface area contributed by atoms with Crippen LogP contribution in [0.4, 0.5) is 17.1 Å². The second-order valence-corrected chi connectivity index (χ2v) is 17.3. The van der Waals surface area contributed by atoms with Crippen LogP contribution in [0.1, 0.15) is 0 Å². The quantitative estimate of drug-likeness (QED) is 0.152. The number of anilines is 3. The number of hydrogen-bond donors (Lipinski definition) is 0. The Hall–Kier alpha value is -8.92. The molecule has 67 heavy (non-hydrogen) atoms. The monoisotopic (exact) mass is 854 g/mol. The first-order valence-corrected chi connectivity index (χ1v) is 22.9. The number of aromatic nitrogens is 1. The number of nitrogens with zero attached hydrogens (tertiary/aromatic N) is 2. The molecule has 2 aromatic heterocycles. The maximum absolute atomic E-state index is 6.41. The number of fused-ring (bicyclic) bond motifs is 7. The van der Waals surface area contributed by atoms with Gasteiger partial charge in [-0.05, 0) is 129 Å². The summed E-state index contributed by atoms with van der Waals surface area (Å²) in [4.78, 5) is 2.39. The second kappa shape index (κ2) is 16.0. The van der Waals surface area contributed by atoms with E-state index in [4.69, 9.17) is 4.42 Å². The number of rotatable bonds is 8. The van der Waals surface area contributed by atoms with Crippen LogP contribution in [0.5, 0.6) is 0 Å². The van der Waals surface area contributed by atoms with E-state index in [9.17, 15) is 0 Å². The predicted octanol–water partition coefficient (Wildman–Crippen LogP) is 18.0. The minimum Gasteiger partial charge on any atom is -0.456 e. The smallest absolute Gasteiger partial charge is 0.136 e. The van der Waals surface area contributed by atoms with Gasteiger partial charge in [0.05, 0.1) is 16.7 Å². The molecule has 13 aromatic rings. The van der Waals surface area contributed by atoms with E-state index < -0.39 is 0 Å². The fourth-order valence-electron chi connectivity index (χ4n) is 10.2. The minimum atomic E-state index is 0.878. The lowest BCUT2D eigenvalue weighted by Gasteiger charge is -2.28. The predicted molar refractivity (Wildman–Crippen MR) is 282 cm³/mol. The fraction of sp³-hybridized carbons (Fsp3) is 0. The van der Waals surface area contributed by atoms with E-state index in [-0.39, 0.29) is 0 Å². The molecule has 3 heteroatoms. The van der Waals surface area contributed by atoms with Crippen molar-refractivity contribution in [2.45, 2.75) is 0 Å². The van der Waals surface area contributed by atoms with Crippen LogP contribution in [0, 0.1) is 0 Å². The first kappa shape index (κ1) is 38.5. The van der Waals surface area contributed by atoms with Gasteiger partial charge in [-0.15, -0.1) is 0 Å². The fourth-order valence-corrected chi connectivity index (χ4v) is 10.2. The molecule has 0 N–H and O–H groups in total. The van der Waals surface area contributed by atoms with Crippen LogP contribution in [0.3, 0.4) is 0 Å². The lowest BCUT2D eigenvalue weighted by atomic mass is 9.96. The number of furan rings is 1. The zero-order valence-electron chi connectivity index (χ0n) is 36.6. The van der Waals surface area contributed by atoms with Gasteiger partial charge in [0.15, 0.2) is 0 Å². The highest BCUT2D eigenvalue weighted by Crippen LogP contribution is 2.44. The van der Waals surface area contributed by atoms with Crippen LogP contribution in [0.2, 0.25) is 0 Å². The summed E-state index contributed by atoms with van der Waals surface area (Å²) in [5.41, 5.74) is 17.8. The van der Waals surface area contributed by atoms with Gasteiger partial charge in [0, 0.05) is 44.2 Å². The van der Waals surface area contributed by atoms with Gasteiger partial charge >= 0.3 is 0 Å². The molecule has 0 saturated heterocycles. The summed E-state index contributed by atoms with van der Waals surface area (Å²) >= 11 is 0. The first-order valence-electron chi connectivity index (χ1n) is 22.9. The normalized spacial score (nSPS) is 11.6. The Morgan fingerprint density at radius 2 is 0.836 bits per heavy atom. The van der Waals surface area contributed by atoms with Crippen molar-refractivity contribution in [3.05, 3.63) is 255 Å². The van der Waals surface area contributed by atoms with Crippen LogP contribution in [-0.2, 0) is 0 Å². The summed E-state index contributed by atoms with van der Waals surface area (Å²) in [6, 6.07) is 91.9. The van der Waals surface area contributed by atoms with Crippen molar-refractivity contribution in [2.75, 3.05) is 4.90 Å². The summed E-state index contributed by atoms with van der Waals surface area (Å²) in [5, 5.41) is 7.24. The number of para-hydroxylation sites is 4. The molecule has 314 valence electrons. The molecule has 11 aromatic carbocycles. The van der Waals surface area contributed by atoms with Crippen LogP contribution in [0.15, 0.2) is 259 Å². The van der Waals surface area contributed by atoms with E-state index in [1.165, 1.54) is 54.8 Å². The van der Waals surface area contributed by atoms with Crippen LogP contribution in [-0.4, -0.2) is 4.57 Å². The molecule has 0 bridgehead atoms. The Kier molecular flexibility index (Phi) is 9.17. The molecule has 0 aliphatic heterocycles. The van der Waals surface area contributed by atoms with E-state index in [1.807, 2.05) is 12.1 Å². The standard InChI is InChI=1S/C64H42N2O/c1-2-20-53-45(14-1)15-13-25-54(53)48-18-12-19-52(41-48)65(60-26-7-3-21-55(60)49-34-39-59-58-24-6-10-29-63(58)67-64(59)42-49)50-35-30-43(31-36-50)46-16-11-17-47(40-46)44-32-37-51(38-33-44)66-61-27-8-4-22-56(61)57-23-5-9-28-62(57)66/h1-42H. The molecule has 0 amide bonds. The summed E-state index contributed by atoms with van der Waals surface area (Å²) in [7, 11) is 0. The molecule has 2 heterocycles. The molecule has 0 atom stereocenters. The van der Waals surface area contributed by atoms with E-state index in [0.29, 0.717) is 0 Å². The minimum absolute atomic E-state index is 0.878. The van der Waals surface area contributed by atoms with Gasteiger partial charge < -0.3 is 13.9 Å². The Balaban J connectivity index is 0.885. The molecule has 0 aliphatic rings. The highest BCUT2D eigenvalue weighted by molar-refractivity contribution is 6.09. The van der Waals surface area contributed by atoms with Crippen molar-refractivity contribution in [3.8, 4) is 50.2 Å². The Morgan fingerprint density at radius 1 is 0.299 bits per heavy atom. The Morgan fingerprint density at radius 3 is 1.61 bits per heavy atom. The molecular weight excluding hydrogens is 813 g/mol. The highest BCUT2D eigenvalue weighted by Gasteiger charge is 2.20. The maximum atomic E-state index is 6.41. The van der Waals surface area contributed by atoms with Gasteiger partial charge in [-0.3, -0.25) is 0 Å². The molecule has 0 spiro atoms. The number of hydrogen-bond acceptors (Lipinski definition) is 2. The van der Waals surface area contributed by atoms with Crippen LogP contribution >= 0.6 is 0 Å². The van der Waals surface area contributed by atoms with E-state index in [1.54, 1.807) is 0 Å². The molecule has 0 fully saturated rings. The molecule has 0 unspecified atom stereocenters. The highest BCUT2D eigenvalue weighted by atomic mass is 16.3. The van der Waals surface area contributed by atoms with Gasteiger partial charge in [0.25, 0.3) is 0 Å². The van der Waals surface area contributed by atoms with Gasteiger partial charge in [0.1, 0.15) is 11.2 Å². The zero-order valence-corrected chi connectivity index (χ0v) is 36.6. The maximum Gasteiger partial charge on any atom is 0.136 e. The third-order valence-corrected chi connectivity index (χ3v) is 13.4. The first-order chi connectivity index (χ1) is 33.2. The third-order valence-electron chi connectivity index (χ3n) is 13.4. The molecule has 13 rings (SSSR count). The number of benzene rings is 11. The van der Waals surface area contributed by atoms with E-state index in [2.05, 4.69) is 252 Å². The molecule has 3 nitrogen and oxygen atoms in total. The summed E-state index contributed by atoms with van der Waals surface area (Å²) < 4.78 is 8.78. The average Bonchev–Trinajstić information content (AvgIpc) is 3.95. The van der Waals surface area contributed by atoms with Gasteiger partial charge in [-0.2, -0.15) is 0 Å². The van der Waals surface area contributed by atoms with Crippen molar-refractivity contribution < 1.29 is 4.42 Å². The van der Waals surface area contributed by atoms with Crippen molar-refractivity contribution in [1.82, 2.24) is 4.57 Å². The topological polar surface area (TPSA) is 21.3 Å². The molecule has 0 saturated carbocycles. The van der Waals surface area contributed by atoms with Gasteiger partial charge in [-0.25, -0.2) is 0 Å². The van der Waals surface area contributed by atoms with Gasteiger partial charge in [-0.1, -0.05) is 176 Å².